The first-order chi connectivity index (χ1) is 10.2. The first-order valence-corrected chi connectivity index (χ1v) is 7.49. The van der Waals surface area contributed by atoms with Crippen LogP contribution in [0.5, 0.6) is 5.75 Å². The number of primary sulfonamides is 1. The Bertz CT molecular complexity index is 858. The summed E-state index contributed by atoms with van der Waals surface area (Å²) in [7, 11) is -4.41. The number of carboxylic acid groups (broad SMARTS) is 1. The van der Waals surface area contributed by atoms with Crippen molar-refractivity contribution in [2.75, 3.05) is 0 Å². The average molecular weight is 321 g/mol. The molecule has 0 radical (unpaired) electrons. The lowest BCUT2D eigenvalue weighted by Crippen LogP contribution is -2.18. The summed E-state index contributed by atoms with van der Waals surface area (Å²) in [5.74, 6) is -3.00. The van der Waals surface area contributed by atoms with Gasteiger partial charge in [-0.25, -0.2) is 18.4 Å². The number of phenolic OH excluding ortho intramolecular Hbond substituents is 1. The molecule has 0 saturated carbocycles. The number of aromatic hydroxyl groups is 1. The van der Waals surface area contributed by atoms with Crippen molar-refractivity contribution in [1.82, 2.24) is 0 Å². The fraction of sp³-hybridized carbons (Fsp3) is 0. The van der Waals surface area contributed by atoms with Crippen LogP contribution in [0.25, 0.3) is 0 Å². The second-order valence-electron chi connectivity index (χ2n) is 4.41. The molecule has 114 valence electrons. The Morgan fingerprint density at radius 1 is 1.00 bits per heavy atom. The second kappa shape index (κ2) is 5.58. The van der Waals surface area contributed by atoms with E-state index in [0.29, 0.717) is 0 Å². The van der Waals surface area contributed by atoms with Crippen LogP contribution < -0.4 is 5.14 Å². The van der Waals surface area contributed by atoms with Gasteiger partial charge in [-0.2, -0.15) is 0 Å². The van der Waals surface area contributed by atoms with Crippen molar-refractivity contribution in [3.05, 3.63) is 59.2 Å². The Morgan fingerprint density at radius 3 is 2.09 bits per heavy atom. The highest BCUT2D eigenvalue weighted by Crippen LogP contribution is 2.29. The van der Waals surface area contributed by atoms with E-state index in [2.05, 4.69) is 0 Å². The van der Waals surface area contributed by atoms with Crippen LogP contribution in [0.3, 0.4) is 0 Å². The third-order valence-electron chi connectivity index (χ3n) is 2.90. The first-order valence-electron chi connectivity index (χ1n) is 5.94. The normalized spacial score (nSPS) is 11.1. The molecule has 2 rings (SSSR count). The molecule has 4 N–H and O–H groups in total. The van der Waals surface area contributed by atoms with Crippen LogP contribution in [0.15, 0.2) is 47.4 Å². The lowest BCUT2D eigenvalue weighted by molar-refractivity contribution is 0.0695. The van der Waals surface area contributed by atoms with Gasteiger partial charge >= 0.3 is 5.97 Å². The monoisotopic (exact) mass is 321 g/mol. The molecular formula is C14H11NO6S. The molecule has 8 heteroatoms. The number of hydrogen-bond donors (Lipinski definition) is 3. The van der Waals surface area contributed by atoms with Gasteiger partial charge in [-0.3, -0.25) is 4.79 Å². The molecule has 0 bridgehead atoms. The number of ketones is 1. The van der Waals surface area contributed by atoms with Crippen molar-refractivity contribution in [3.8, 4) is 5.75 Å². The molecule has 0 heterocycles. The Balaban J connectivity index is 2.76. The maximum absolute atomic E-state index is 12.4. The van der Waals surface area contributed by atoms with Crippen LogP contribution in [0.4, 0.5) is 0 Å². The van der Waals surface area contributed by atoms with Crippen molar-refractivity contribution >= 4 is 21.8 Å². The average Bonchev–Trinajstić information content (AvgIpc) is 2.45. The van der Waals surface area contributed by atoms with E-state index >= 15 is 0 Å². The molecule has 0 atom stereocenters. The molecule has 2 aromatic rings. The van der Waals surface area contributed by atoms with Gasteiger partial charge in [0.15, 0.2) is 5.78 Å². The summed E-state index contributed by atoms with van der Waals surface area (Å²) in [5, 5.41) is 23.9. The van der Waals surface area contributed by atoms with Crippen molar-refractivity contribution in [3.63, 3.8) is 0 Å². The first kappa shape index (κ1) is 15.7. The van der Waals surface area contributed by atoms with E-state index in [4.69, 9.17) is 10.2 Å². The van der Waals surface area contributed by atoms with Crippen molar-refractivity contribution in [2.24, 2.45) is 5.14 Å². The quantitative estimate of drug-likeness (QED) is 0.718. The van der Waals surface area contributed by atoms with Gasteiger partial charge in [0, 0.05) is 5.56 Å². The van der Waals surface area contributed by atoms with Crippen LogP contribution in [-0.2, 0) is 10.0 Å². The summed E-state index contributed by atoms with van der Waals surface area (Å²) >= 11 is 0. The van der Waals surface area contributed by atoms with Crippen molar-refractivity contribution < 1.29 is 28.2 Å². The minimum atomic E-state index is -4.41. The zero-order valence-electron chi connectivity index (χ0n) is 11.1. The highest BCUT2D eigenvalue weighted by Gasteiger charge is 2.26. The Hall–Kier alpha value is -2.71. The predicted octanol–water partition coefficient (Wildman–Crippen LogP) is 0.969. The number of carbonyl (C=O) groups is 2. The fourth-order valence-corrected chi connectivity index (χ4v) is 2.68. The van der Waals surface area contributed by atoms with Gasteiger partial charge in [0.05, 0.1) is 16.0 Å². The third-order valence-corrected chi connectivity index (χ3v) is 3.83. The largest absolute Gasteiger partial charge is 0.507 e. The fourth-order valence-electron chi connectivity index (χ4n) is 1.91. The summed E-state index contributed by atoms with van der Waals surface area (Å²) in [6.45, 7) is 0. The summed E-state index contributed by atoms with van der Waals surface area (Å²) in [6.07, 6.45) is 0. The molecule has 2 aromatic carbocycles. The molecule has 0 aliphatic rings. The van der Waals surface area contributed by atoms with Gasteiger partial charge in [0.1, 0.15) is 5.75 Å². The molecule has 0 aromatic heterocycles. The van der Waals surface area contributed by atoms with E-state index in [9.17, 15) is 23.1 Å². The summed E-state index contributed by atoms with van der Waals surface area (Å²) in [6, 6.07) is 9.18. The van der Waals surface area contributed by atoms with Gasteiger partial charge in [-0.1, -0.05) is 30.3 Å². The number of hydrogen-bond acceptors (Lipinski definition) is 5. The van der Waals surface area contributed by atoms with Crippen LogP contribution in [0.1, 0.15) is 26.3 Å². The SMILES string of the molecule is NS(=O)(=O)c1cc(C(=O)O)cc(O)c1C(=O)c1ccccc1. The maximum Gasteiger partial charge on any atom is 0.335 e. The molecule has 0 saturated heterocycles. The Morgan fingerprint density at radius 2 is 1.59 bits per heavy atom. The van der Waals surface area contributed by atoms with Gasteiger partial charge in [-0.15, -0.1) is 0 Å². The molecule has 0 amide bonds. The number of phenols is 1. The highest BCUT2D eigenvalue weighted by atomic mass is 32.2. The topological polar surface area (TPSA) is 135 Å². The smallest absolute Gasteiger partial charge is 0.335 e. The number of aromatic carboxylic acids is 1. The number of rotatable bonds is 4. The Labute approximate surface area is 125 Å². The van der Waals surface area contributed by atoms with E-state index < -0.39 is 43.5 Å². The minimum absolute atomic E-state index is 0.130. The number of sulfonamides is 1. The zero-order valence-corrected chi connectivity index (χ0v) is 11.9. The zero-order chi connectivity index (χ0) is 16.5. The summed E-state index contributed by atoms with van der Waals surface area (Å²) in [5.41, 5.74) is -0.921. The van der Waals surface area contributed by atoms with Gasteiger partial charge in [0.25, 0.3) is 0 Å². The van der Waals surface area contributed by atoms with E-state index in [1.165, 1.54) is 12.1 Å². The molecule has 0 fully saturated rings. The Kier molecular flexibility index (Phi) is 3.98. The van der Waals surface area contributed by atoms with Crippen molar-refractivity contribution in [2.45, 2.75) is 4.90 Å². The molecule has 0 spiro atoms. The maximum atomic E-state index is 12.4. The van der Waals surface area contributed by atoms with E-state index in [0.717, 1.165) is 12.1 Å². The summed E-state index contributed by atoms with van der Waals surface area (Å²) < 4.78 is 23.3. The van der Waals surface area contributed by atoms with Crippen LogP contribution in [0.2, 0.25) is 0 Å². The minimum Gasteiger partial charge on any atom is -0.507 e. The van der Waals surface area contributed by atoms with Gasteiger partial charge in [0.2, 0.25) is 10.0 Å². The van der Waals surface area contributed by atoms with Gasteiger partial charge in [-0.05, 0) is 12.1 Å². The van der Waals surface area contributed by atoms with Crippen molar-refractivity contribution in [1.29, 1.82) is 0 Å². The second-order valence-corrected chi connectivity index (χ2v) is 5.94. The van der Waals surface area contributed by atoms with Crippen LogP contribution in [0, 0.1) is 0 Å². The molecular weight excluding hydrogens is 310 g/mol. The summed E-state index contributed by atoms with van der Waals surface area (Å²) in [4.78, 5) is 22.6. The number of carbonyl (C=O) groups excluding carboxylic acids is 1. The molecule has 0 aliphatic carbocycles. The highest BCUT2D eigenvalue weighted by molar-refractivity contribution is 7.89. The van der Waals surface area contributed by atoms with Crippen LogP contribution in [-0.4, -0.2) is 30.4 Å². The molecule has 0 unspecified atom stereocenters. The van der Waals surface area contributed by atoms with Crippen LogP contribution >= 0.6 is 0 Å². The lowest BCUT2D eigenvalue weighted by Gasteiger charge is -2.10. The number of benzene rings is 2. The van der Waals surface area contributed by atoms with E-state index in [-0.39, 0.29) is 5.56 Å². The lowest BCUT2D eigenvalue weighted by atomic mass is 10.0. The standard InChI is InChI=1S/C14H11NO6S/c15-22(20,21)11-7-9(14(18)19)6-10(16)12(11)13(17)8-4-2-1-3-5-8/h1-7,16H,(H,18,19)(H2,15,20,21). The molecule has 0 aliphatic heterocycles. The van der Waals surface area contributed by atoms with Gasteiger partial charge < -0.3 is 10.2 Å². The predicted molar refractivity (Wildman–Crippen MR) is 76.3 cm³/mol. The number of carboxylic acids is 1. The molecule has 7 nitrogen and oxygen atoms in total. The third kappa shape index (κ3) is 2.97. The van der Waals surface area contributed by atoms with E-state index in [1.54, 1.807) is 18.2 Å². The number of nitrogens with two attached hydrogens (primary N) is 1. The van der Waals surface area contributed by atoms with E-state index in [1.807, 2.05) is 0 Å². The molecule has 22 heavy (non-hydrogen) atoms.